The first-order chi connectivity index (χ1) is 9.35. The Kier molecular flexibility index (Phi) is 3.99. The van der Waals surface area contributed by atoms with Gasteiger partial charge in [-0.1, -0.05) is 0 Å². The molecule has 2 N–H and O–H groups in total. The molecule has 0 atom stereocenters. The molecular formula is C15H22FN3O. The summed E-state index contributed by atoms with van der Waals surface area (Å²) in [5, 5.41) is 0. The van der Waals surface area contributed by atoms with Gasteiger partial charge in [0.1, 0.15) is 5.82 Å². The summed E-state index contributed by atoms with van der Waals surface area (Å²) in [5.74, 6) is -0.669. The van der Waals surface area contributed by atoms with E-state index in [4.69, 9.17) is 5.73 Å². The lowest BCUT2D eigenvalue weighted by atomic mass is 9.75. The van der Waals surface area contributed by atoms with Crippen LogP contribution in [-0.4, -0.2) is 48.9 Å². The van der Waals surface area contributed by atoms with E-state index in [1.165, 1.54) is 24.6 Å². The minimum Gasteiger partial charge on any atom is -0.398 e. The Balaban J connectivity index is 2.14. The van der Waals surface area contributed by atoms with Crippen molar-refractivity contribution in [2.75, 3.05) is 33.4 Å². The van der Waals surface area contributed by atoms with Gasteiger partial charge >= 0.3 is 0 Å². The molecule has 2 rings (SSSR count). The predicted molar refractivity (Wildman–Crippen MR) is 78.0 cm³/mol. The maximum Gasteiger partial charge on any atom is 0.255 e. The summed E-state index contributed by atoms with van der Waals surface area (Å²) in [5.41, 5.74) is 6.37. The van der Waals surface area contributed by atoms with Crippen LogP contribution < -0.4 is 5.73 Å². The second-order valence-corrected chi connectivity index (χ2v) is 5.87. The molecule has 1 amide bonds. The van der Waals surface area contributed by atoms with E-state index in [0.29, 0.717) is 12.2 Å². The van der Waals surface area contributed by atoms with Crippen LogP contribution in [0, 0.1) is 5.82 Å². The van der Waals surface area contributed by atoms with Gasteiger partial charge in [0.05, 0.1) is 5.56 Å². The fourth-order valence-corrected chi connectivity index (χ4v) is 2.76. The number of carbonyl (C=O) groups is 1. The van der Waals surface area contributed by atoms with E-state index in [1.807, 2.05) is 14.1 Å². The van der Waals surface area contributed by atoms with E-state index in [0.717, 1.165) is 12.8 Å². The topological polar surface area (TPSA) is 49.6 Å². The Morgan fingerprint density at radius 2 is 2.00 bits per heavy atom. The number of nitrogens with two attached hydrogens (primary N) is 1. The van der Waals surface area contributed by atoms with Crippen LogP contribution in [0.25, 0.3) is 0 Å². The van der Waals surface area contributed by atoms with Gasteiger partial charge in [-0.05, 0) is 51.6 Å². The number of likely N-dealkylation sites (N-methyl/N-ethyl adjacent to an activating group) is 2. The van der Waals surface area contributed by atoms with Gasteiger partial charge in [0, 0.05) is 24.8 Å². The third-order valence-electron chi connectivity index (χ3n) is 4.36. The van der Waals surface area contributed by atoms with E-state index in [1.54, 1.807) is 11.9 Å². The maximum atomic E-state index is 13.3. The summed E-state index contributed by atoms with van der Waals surface area (Å²) >= 11 is 0. The zero-order valence-electron chi connectivity index (χ0n) is 12.3. The van der Waals surface area contributed by atoms with Crippen molar-refractivity contribution in [3.8, 4) is 0 Å². The fraction of sp³-hybridized carbons (Fsp3) is 0.533. The molecule has 0 unspecified atom stereocenters. The quantitative estimate of drug-likeness (QED) is 0.857. The van der Waals surface area contributed by atoms with Crippen LogP contribution in [0.15, 0.2) is 18.2 Å². The number of amides is 1. The second-order valence-electron chi connectivity index (χ2n) is 5.87. The summed E-state index contributed by atoms with van der Waals surface area (Å²) in [6.07, 6.45) is 3.34. The molecule has 0 radical (unpaired) electrons. The zero-order chi connectivity index (χ0) is 14.9. The molecule has 1 aliphatic carbocycles. The lowest BCUT2D eigenvalue weighted by Gasteiger charge is -2.49. The molecule has 1 aromatic rings. The van der Waals surface area contributed by atoms with Gasteiger partial charge in [-0.3, -0.25) is 4.79 Å². The van der Waals surface area contributed by atoms with Crippen molar-refractivity contribution in [2.45, 2.75) is 24.8 Å². The Morgan fingerprint density at radius 3 is 2.50 bits per heavy atom. The van der Waals surface area contributed by atoms with Crippen LogP contribution in [0.3, 0.4) is 0 Å². The first kappa shape index (κ1) is 14.8. The molecule has 1 saturated carbocycles. The van der Waals surface area contributed by atoms with Gasteiger partial charge in [-0.15, -0.1) is 0 Å². The van der Waals surface area contributed by atoms with Crippen LogP contribution in [0.5, 0.6) is 0 Å². The van der Waals surface area contributed by atoms with Crippen molar-refractivity contribution in [1.82, 2.24) is 9.80 Å². The fourth-order valence-electron chi connectivity index (χ4n) is 2.76. The summed E-state index contributed by atoms with van der Waals surface area (Å²) < 4.78 is 13.3. The number of hydrogen-bond donors (Lipinski definition) is 1. The zero-order valence-corrected chi connectivity index (χ0v) is 12.3. The molecule has 1 aliphatic rings. The highest BCUT2D eigenvalue weighted by Crippen LogP contribution is 2.36. The molecule has 0 heterocycles. The summed E-state index contributed by atoms with van der Waals surface area (Å²) in [7, 11) is 5.82. The number of rotatable bonds is 4. The van der Waals surface area contributed by atoms with Gasteiger partial charge in [0.15, 0.2) is 0 Å². The highest BCUT2D eigenvalue weighted by molar-refractivity contribution is 5.99. The summed E-state index contributed by atoms with van der Waals surface area (Å²) in [6, 6.07) is 3.90. The summed E-state index contributed by atoms with van der Waals surface area (Å²) in [6.45, 7) is 0.634. The van der Waals surface area contributed by atoms with Crippen molar-refractivity contribution >= 4 is 11.6 Å². The molecule has 0 aliphatic heterocycles. The Labute approximate surface area is 119 Å². The molecule has 0 aromatic heterocycles. The summed E-state index contributed by atoms with van der Waals surface area (Å²) in [4.78, 5) is 16.2. The first-order valence-electron chi connectivity index (χ1n) is 6.84. The van der Waals surface area contributed by atoms with Gasteiger partial charge < -0.3 is 15.5 Å². The number of nitrogens with zero attached hydrogens (tertiary/aromatic N) is 2. The van der Waals surface area contributed by atoms with Gasteiger partial charge in [0.2, 0.25) is 0 Å². The van der Waals surface area contributed by atoms with Crippen molar-refractivity contribution in [3.05, 3.63) is 29.6 Å². The molecule has 0 bridgehead atoms. The molecule has 1 aromatic carbocycles. The molecular weight excluding hydrogens is 257 g/mol. The molecule has 0 saturated heterocycles. The SMILES string of the molecule is CN(CC1(N(C)C)CCC1)C(=O)c1cc(F)ccc1N. The Morgan fingerprint density at radius 1 is 1.35 bits per heavy atom. The monoisotopic (exact) mass is 279 g/mol. The number of hydrogen-bond acceptors (Lipinski definition) is 3. The highest BCUT2D eigenvalue weighted by atomic mass is 19.1. The van der Waals surface area contributed by atoms with Crippen LogP contribution >= 0.6 is 0 Å². The second kappa shape index (κ2) is 5.40. The average molecular weight is 279 g/mol. The van der Waals surface area contributed by atoms with Crippen LogP contribution in [-0.2, 0) is 0 Å². The Hall–Kier alpha value is -1.62. The lowest BCUT2D eigenvalue weighted by Crippen LogP contribution is -2.57. The van der Waals surface area contributed by atoms with Crippen LogP contribution in [0.1, 0.15) is 29.6 Å². The smallest absolute Gasteiger partial charge is 0.255 e. The minimum absolute atomic E-state index is 0.0481. The van der Waals surface area contributed by atoms with E-state index in [2.05, 4.69) is 4.90 Å². The predicted octanol–water partition coefficient (Wildman–Crippen LogP) is 1.96. The minimum atomic E-state index is -0.443. The van der Waals surface area contributed by atoms with Gasteiger partial charge in [0.25, 0.3) is 5.91 Å². The molecule has 5 heteroatoms. The van der Waals surface area contributed by atoms with Crippen LogP contribution in [0.4, 0.5) is 10.1 Å². The van der Waals surface area contributed by atoms with Crippen molar-refractivity contribution in [1.29, 1.82) is 0 Å². The van der Waals surface area contributed by atoms with E-state index >= 15 is 0 Å². The lowest BCUT2D eigenvalue weighted by molar-refractivity contribution is 0.0253. The van der Waals surface area contributed by atoms with Crippen molar-refractivity contribution < 1.29 is 9.18 Å². The maximum absolute atomic E-state index is 13.3. The molecule has 4 nitrogen and oxygen atoms in total. The van der Waals surface area contributed by atoms with Gasteiger partial charge in [-0.2, -0.15) is 0 Å². The molecule has 110 valence electrons. The van der Waals surface area contributed by atoms with E-state index in [-0.39, 0.29) is 17.0 Å². The average Bonchev–Trinajstić information content (AvgIpc) is 2.35. The molecule has 1 fully saturated rings. The first-order valence-corrected chi connectivity index (χ1v) is 6.84. The number of nitrogen functional groups attached to an aromatic ring is 1. The standard InChI is InChI=1S/C15H22FN3O/c1-18(2)15(7-4-8-15)10-19(3)14(20)12-9-11(16)5-6-13(12)17/h5-6,9H,4,7-8,10,17H2,1-3H3. The Bertz CT molecular complexity index is 512. The molecule has 0 spiro atoms. The molecule has 20 heavy (non-hydrogen) atoms. The van der Waals surface area contributed by atoms with Crippen LogP contribution in [0.2, 0.25) is 0 Å². The van der Waals surface area contributed by atoms with E-state index < -0.39 is 5.82 Å². The largest absolute Gasteiger partial charge is 0.398 e. The normalized spacial score (nSPS) is 16.9. The van der Waals surface area contributed by atoms with Crippen molar-refractivity contribution in [3.63, 3.8) is 0 Å². The number of halogens is 1. The highest BCUT2D eigenvalue weighted by Gasteiger charge is 2.40. The van der Waals surface area contributed by atoms with Crippen molar-refractivity contribution in [2.24, 2.45) is 0 Å². The van der Waals surface area contributed by atoms with Gasteiger partial charge in [-0.25, -0.2) is 4.39 Å². The number of benzene rings is 1. The van der Waals surface area contributed by atoms with E-state index in [9.17, 15) is 9.18 Å². The number of anilines is 1. The number of carbonyl (C=O) groups excluding carboxylic acids is 1. The third-order valence-corrected chi connectivity index (χ3v) is 4.36. The third kappa shape index (κ3) is 2.63.